The molecule has 0 aromatic rings. The second kappa shape index (κ2) is 4.39. The Balaban J connectivity index is 2.65. The first-order chi connectivity index (χ1) is 5.30. The fourth-order valence-electron chi connectivity index (χ4n) is 0.836. The Labute approximate surface area is 72.3 Å². The van der Waals surface area contributed by atoms with Crippen LogP contribution in [0.3, 0.4) is 0 Å². The van der Waals surface area contributed by atoms with Gasteiger partial charge in [0.2, 0.25) is 0 Å². The summed E-state index contributed by atoms with van der Waals surface area (Å²) in [7, 11) is 0. The van der Waals surface area contributed by atoms with Crippen LogP contribution < -0.4 is 0 Å². The van der Waals surface area contributed by atoms with Crippen molar-refractivity contribution in [2.75, 3.05) is 0 Å². The molecule has 0 amide bonds. The van der Waals surface area contributed by atoms with E-state index in [1.807, 2.05) is 17.8 Å². The number of allylic oxidation sites excluding steroid dienone is 1. The molecule has 1 aliphatic rings. The lowest BCUT2D eigenvalue weighted by Gasteiger charge is -2.08. The molecule has 0 bridgehead atoms. The third-order valence-electron chi connectivity index (χ3n) is 1.62. The average molecular weight is 167 g/mol. The maximum absolute atomic E-state index is 4.10. The van der Waals surface area contributed by atoms with E-state index in [0.717, 1.165) is 6.42 Å². The lowest BCUT2D eigenvalue weighted by atomic mass is 10.0. The Morgan fingerprint density at radius 3 is 3.09 bits per heavy atom. The van der Waals surface area contributed by atoms with E-state index in [0.29, 0.717) is 5.92 Å². The second-order valence-electron chi connectivity index (χ2n) is 2.80. The maximum atomic E-state index is 4.10. The van der Waals surface area contributed by atoms with Crippen molar-refractivity contribution in [3.63, 3.8) is 0 Å². The minimum absolute atomic E-state index is 0.639. The van der Waals surface area contributed by atoms with Crippen LogP contribution in [0.1, 0.15) is 20.3 Å². The standard InChI is InChI=1S/C9H13NS/c1-8(2)9-3-4-10-5-6-11-7-9/h4-8H,3H2,1-2H3/b6-5-,9-7+,10-4?. The molecule has 0 spiro atoms. The van der Waals surface area contributed by atoms with E-state index in [2.05, 4.69) is 24.2 Å². The highest BCUT2D eigenvalue weighted by Gasteiger charge is 2.01. The fourth-order valence-corrected chi connectivity index (χ4v) is 1.60. The number of hydrogen-bond donors (Lipinski definition) is 0. The third kappa shape index (κ3) is 2.93. The molecule has 1 aliphatic heterocycles. The third-order valence-corrected chi connectivity index (χ3v) is 2.34. The van der Waals surface area contributed by atoms with Crippen LogP contribution in [-0.2, 0) is 0 Å². The van der Waals surface area contributed by atoms with Crippen molar-refractivity contribution in [3.8, 4) is 0 Å². The Hall–Kier alpha value is -0.500. The lowest BCUT2D eigenvalue weighted by Crippen LogP contribution is -1.94. The molecule has 11 heavy (non-hydrogen) atoms. The van der Waals surface area contributed by atoms with Gasteiger partial charge in [0.05, 0.1) is 0 Å². The Morgan fingerprint density at radius 2 is 2.36 bits per heavy atom. The van der Waals surface area contributed by atoms with Gasteiger partial charge in [0.15, 0.2) is 0 Å². The zero-order valence-electron chi connectivity index (χ0n) is 6.95. The highest BCUT2D eigenvalue weighted by Crippen LogP contribution is 2.19. The summed E-state index contributed by atoms with van der Waals surface area (Å²) in [5.74, 6) is 0.639. The first-order valence-electron chi connectivity index (χ1n) is 3.81. The normalized spacial score (nSPS) is 25.5. The molecule has 0 aromatic carbocycles. The minimum Gasteiger partial charge on any atom is -0.268 e. The van der Waals surface area contributed by atoms with Crippen LogP contribution in [-0.4, -0.2) is 6.21 Å². The van der Waals surface area contributed by atoms with Gasteiger partial charge >= 0.3 is 0 Å². The zero-order chi connectivity index (χ0) is 8.10. The van der Waals surface area contributed by atoms with E-state index in [-0.39, 0.29) is 0 Å². The molecule has 1 heterocycles. The second-order valence-corrected chi connectivity index (χ2v) is 3.58. The molecule has 2 heteroatoms. The number of nitrogens with zero attached hydrogens (tertiary/aromatic N) is 1. The van der Waals surface area contributed by atoms with Crippen LogP contribution in [0.25, 0.3) is 0 Å². The van der Waals surface area contributed by atoms with E-state index in [9.17, 15) is 0 Å². The molecule has 0 saturated carbocycles. The van der Waals surface area contributed by atoms with Crippen molar-refractivity contribution in [3.05, 3.63) is 22.6 Å². The fraction of sp³-hybridized carbons (Fsp3) is 0.444. The Kier molecular flexibility index (Phi) is 3.43. The average Bonchev–Trinajstić information content (AvgIpc) is 1.84. The van der Waals surface area contributed by atoms with Crippen LogP contribution in [0, 0.1) is 5.92 Å². The summed E-state index contributed by atoms with van der Waals surface area (Å²) >= 11 is 1.71. The van der Waals surface area contributed by atoms with Gasteiger partial charge in [-0.05, 0) is 16.7 Å². The number of hydrogen-bond acceptors (Lipinski definition) is 2. The minimum atomic E-state index is 0.639. The predicted molar refractivity (Wildman–Crippen MR) is 52.8 cm³/mol. The van der Waals surface area contributed by atoms with E-state index < -0.39 is 0 Å². The van der Waals surface area contributed by atoms with E-state index in [1.54, 1.807) is 11.8 Å². The van der Waals surface area contributed by atoms with Crippen LogP contribution in [0.5, 0.6) is 0 Å². The molecule has 0 atom stereocenters. The summed E-state index contributed by atoms with van der Waals surface area (Å²) in [5.41, 5.74) is 1.46. The van der Waals surface area contributed by atoms with E-state index >= 15 is 0 Å². The summed E-state index contributed by atoms with van der Waals surface area (Å²) in [6.45, 7) is 4.43. The smallest absolute Gasteiger partial charge is 0.0330 e. The van der Waals surface area contributed by atoms with Crippen molar-refractivity contribution >= 4 is 18.0 Å². The molecule has 0 saturated heterocycles. The van der Waals surface area contributed by atoms with Crippen LogP contribution in [0.4, 0.5) is 0 Å². The van der Waals surface area contributed by atoms with Gasteiger partial charge in [0.1, 0.15) is 0 Å². The lowest BCUT2D eigenvalue weighted by molar-refractivity contribution is 0.759. The predicted octanol–water partition coefficient (Wildman–Crippen LogP) is 3.21. The molecule has 0 fully saturated rings. The maximum Gasteiger partial charge on any atom is 0.0330 e. The van der Waals surface area contributed by atoms with Crippen molar-refractivity contribution in [2.24, 2.45) is 10.9 Å². The zero-order valence-corrected chi connectivity index (χ0v) is 7.77. The highest BCUT2D eigenvalue weighted by atomic mass is 32.2. The van der Waals surface area contributed by atoms with E-state index in [4.69, 9.17) is 0 Å². The largest absolute Gasteiger partial charge is 0.268 e. The highest BCUT2D eigenvalue weighted by molar-refractivity contribution is 8.04. The first-order valence-corrected chi connectivity index (χ1v) is 4.76. The molecule has 0 unspecified atom stereocenters. The number of aliphatic imine (C=N–C) groups is 1. The monoisotopic (exact) mass is 167 g/mol. The molecule has 0 radical (unpaired) electrons. The van der Waals surface area contributed by atoms with Crippen molar-refractivity contribution in [2.45, 2.75) is 20.3 Å². The van der Waals surface area contributed by atoms with Crippen molar-refractivity contribution in [1.82, 2.24) is 0 Å². The van der Waals surface area contributed by atoms with Crippen LogP contribution in [0.15, 0.2) is 27.6 Å². The molecule has 1 rings (SSSR count). The number of rotatable bonds is 1. The van der Waals surface area contributed by atoms with Crippen molar-refractivity contribution in [1.29, 1.82) is 0 Å². The van der Waals surface area contributed by atoms with Gasteiger partial charge in [-0.15, -0.1) is 11.8 Å². The molecule has 0 N–H and O–H groups in total. The summed E-state index contributed by atoms with van der Waals surface area (Å²) in [4.78, 5) is 4.10. The van der Waals surface area contributed by atoms with Gasteiger partial charge in [0, 0.05) is 18.8 Å². The molecule has 1 nitrogen and oxygen atoms in total. The Morgan fingerprint density at radius 1 is 1.55 bits per heavy atom. The van der Waals surface area contributed by atoms with Gasteiger partial charge < -0.3 is 0 Å². The molecule has 0 aromatic heterocycles. The van der Waals surface area contributed by atoms with Crippen molar-refractivity contribution < 1.29 is 0 Å². The summed E-state index contributed by atoms with van der Waals surface area (Å²) in [5, 5.41) is 4.21. The van der Waals surface area contributed by atoms with Gasteiger partial charge in [0.25, 0.3) is 0 Å². The number of thioether (sulfide) groups is 1. The van der Waals surface area contributed by atoms with Gasteiger partial charge in [-0.2, -0.15) is 0 Å². The van der Waals surface area contributed by atoms with Gasteiger partial charge in [-0.3, -0.25) is 4.99 Å². The summed E-state index contributed by atoms with van der Waals surface area (Å²) in [6.07, 6.45) is 4.79. The molecule has 0 aliphatic carbocycles. The van der Waals surface area contributed by atoms with Crippen LogP contribution >= 0.6 is 11.8 Å². The summed E-state index contributed by atoms with van der Waals surface area (Å²) < 4.78 is 0. The quantitative estimate of drug-likeness (QED) is 0.584. The molecule has 60 valence electrons. The van der Waals surface area contributed by atoms with Gasteiger partial charge in [-0.1, -0.05) is 19.4 Å². The molecular formula is C9H13NS. The Bertz CT molecular complexity index is 202. The van der Waals surface area contributed by atoms with Gasteiger partial charge in [-0.25, -0.2) is 0 Å². The topological polar surface area (TPSA) is 12.4 Å². The first kappa shape index (κ1) is 8.60. The van der Waals surface area contributed by atoms with Crippen LogP contribution in [0.2, 0.25) is 0 Å². The molecular weight excluding hydrogens is 154 g/mol. The summed E-state index contributed by atoms with van der Waals surface area (Å²) in [6, 6.07) is 0. The van der Waals surface area contributed by atoms with E-state index in [1.165, 1.54) is 5.57 Å². The SMILES string of the molecule is CC(C)/C1=C/S/C=C\N=CC1.